The first-order valence-electron chi connectivity index (χ1n) is 5.63. The molecule has 8 heteroatoms. The van der Waals surface area contributed by atoms with Crippen molar-refractivity contribution in [2.45, 2.75) is 32.2 Å². The van der Waals surface area contributed by atoms with Crippen LogP contribution in [0.5, 0.6) is 0 Å². The number of aromatic nitrogens is 3. The molecule has 4 nitrogen and oxygen atoms in total. The molecule has 18 heavy (non-hydrogen) atoms. The minimum Gasteiger partial charge on any atom is -0.352 e. The summed E-state index contributed by atoms with van der Waals surface area (Å²) in [5, 5.41) is 10.6. The van der Waals surface area contributed by atoms with Gasteiger partial charge in [-0.2, -0.15) is 18.3 Å². The molecule has 1 aromatic heterocycles. The highest BCUT2D eigenvalue weighted by molar-refractivity contribution is 8.00. The molecule has 0 aromatic carbocycles. The predicted molar refractivity (Wildman–Crippen MR) is 65.6 cm³/mol. The lowest BCUT2D eigenvalue weighted by molar-refractivity contribution is -0.0327. The van der Waals surface area contributed by atoms with Crippen molar-refractivity contribution in [1.29, 1.82) is 0 Å². The number of nitrogens with one attached hydrogen (secondary N) is 1. The maximum atomic E-state index is 11.9. The molecule has 0 aliphatic heterocycles. The van der Waals surface area contributed by atoms with E-state index >= 15 is 0 Å². The third-order valence-corrected chi connectivity index (χ3v) is 2.90. The fraction of sp³-hybridized carbons (Fsp3) is 0.700. The molecular weight excluding hydrogens is 265 g/mol. The summed E-state index contributed by atoms with van der Waals surface area (Å²) in [7, 11) is 0. The number of halogens is 3. The van der Waals surface area contributed by atoms with Crippen LogP contribution in [0.2, 0.25) is 0 Å². The number of anilines is 1. The van der Waals surface area contributed by atoms with Crippen molar-refractivity contribution >= 4 is 17.7 Å². The van der Waals surface area contributed by atoms with Crippen LogP contribution >= 0.6 is 11.8 Å². The fourth-order valence-electron chi connectivity index (χ4n) is 1.34. The Hall–Kier alpha value is -1.05. The molecule has 0 radical (unpaired) electrons. The van der Waals surface area contributed by atoms with Gasteiger partial charge < -0.3 is 5.32 Å². The Balaban J connectivity index is 2.48. The van der Waals surface area contributed by atoms with Crippen molar-refractivity contribution in [3.8, 4) is 0 Å². The zero-order chi connectivity index (χ0) is 13.6. The highest BCUT2D eigenvalue weighted by Crippen LogP contribution is 2.29. The van der Waals surface area contributed by atoms with Crippen LogP contribution in [-0.2, 0) is 12.8 Å². The van der Waals surface area contributed by atoms with E-state index in [1.807, 2.05) is 13.8 Å². The summed E-state index contributed by atoms with van der Waals surface area (Å²) in [4.78, 5) is 4.22. The second kappa shape index (κ2) is 6.77. The largest absolute Gasteiger partial charge is 0.441 e. The molecule has 0 saturated heterocycles. The lowest BCUT2D eigenvalue weighted by atomic mass is 10.2. The third kappa shape index (κ3) is 5.07. The van der Waals surface area contributed by atoms with E-state index in [0.717, 1.165) is 24.2 Å². The van der Waals surface area contributed by atoms with E-state index in [9.17, 15) is 13.2 Å². The van der Waals surface area contributed by atoms with Gasteiger partial charge in [0, 0.05) is 12.3 Å². The molecule has 0 bridgehead atoms. The van der Waals surface area contributed by atoms with E-state index < -0.39 is 5.51 Å². The number of hydrogen-bond donors (Lipinski definition) is 1. The van der Waals surface area contributed by atoms with Gasteiger partial charge in [0.1, 0.15) is 0 Å². The van der Waals surface area contributed by atoms with Gasteiger partial charge >= 0.3 is 5.51 Å². The molecule has 0 saturated carbocycles. The van der Waals surface area contributed by atoms with Gasteiger partial charge in [0.05, 0.1) is 11.4 Å². The zero-order valence-corrected chi connectivity index (χ0v) is 11.0. The highest BCUT2D eigenvalue weighted by atomic mass is 32.2. The Kier molecular flexibility index (Phi) is 5.64. The molecule has 1 N–H and O–H groups in total. The quantitative estimate of drug-likeness (QED) is 0.812. The van der Waals surface area contributed by atoms with Gasteiger partial charge in [-0.25, -0.2) is 4.98 Å². The van der Waals surface area contributed by atoms with Crippen LogP contribution in [0.15, 0.2) is 0 Å². The van der Waals surface area contributed by atoms with E-state index in [-0.39, 0.29) is 30.0 Å². The lowest BCUT2D eigenvalue weighted by Crippen LogP contribution is -2.13. The Morgan fingerprint density at radius 3 is 2.33 bits per heavy atom. The second-order valence-electron chi connectivity index (χ2n) is 3.46. The van der Waals surface area contributed by atoms with E-state index in [1.54, 1.807) is 0 Å². The SMILES string of the molecule is CCc1nnc(NCCSC(F)(F)F)nc1CC. The average molecular weight is 280 g/mol. The maximum Gasteiger partial charge on any atom is 0.441 e. The average Bonchev–Trinajstić information content (AvgIpc) is 2.33. The van der Waals surface area contributed by atoms with E-state index in [4.69, 9.17) is 0 Å². The second-order valence-corrected chi connectivity index (χ2v) is 4.62. The number of aryl methyl sites for hydroxylation is 2. The summed E-state index contributed by atoms with van der Waals surface area (Å²) >= 11 is -0.0680. The summed E-state index contributed by atoms with van der Waals surface area (Å²) in [6, 6.07) is 0. The summed E-state index contributed by atoms with van der Waals surface area (Å²) in [6.45, 7) is 4.06. The minimum absolute atomic E-state index is 0.0680. The van der Waals surface area contributed by atoms with Gasteiger partial charge in [-0.3, -0.25) is 0 Å². The number of rotatable bonds is 6. The lowest BCUT2D eigenvalue weighted by Gasteiger charge is -2.08. The van der Waals surface area contributed by atoms with E-state index in [0.29, 0.717) is 0 Å². The first-order chi connectivity index (χ1) is 8.46. The topological polar surface area (TPSA) is 50.7 Å². The monoisotopic (exact) mass is 280 g/mol. The van der Waals surface area contributed by atoms with E-state index in [2.05, 4.69) is 20.5 Å². The van der Waals surface area contributed by atoms with Crippen molar-refractivity contribution in [2.24, 2.45) is 0 Å². The molecule has 1 aromatic rings. The maximum absolute atomic E-state index is 11.9. The molecule has 0 amide bonds. The molecule has 0 aliphatic rings. The molecule has 0 aliphatic carbocycles. The number of alkyl halides is 3. The van der Waals surface area contributed by atoms with Crippen molar-refractivity contribution in [3.05, 3.63) is 11.4 Å². The Labute approximate surface area is 108 Å². The van der Waals surface area contributed by atoms with Crippen LogP contribution in [0, 0.1) is 0 Å². The van der Waals surface area contributed by atoms with Gasteiger partial charge in [-0.1, -0.05) is 13.8 Å². The Morgan fingerprint density at radius 2 is 1.78 bits per heavy atom. The molecule has 0 unspecified atom stereocenters. The van der Waals surface area contributed by atoms with Gasteiger partial charge in [0.15, 0.2) is 0 Å². The van der Waals surface area contributed by atoms with Crippen molar-refractivity contribution < 1.29 is 13.2 Å². The zero-order valence-electron chi connectivity index (χ0n) is 10.2. The summed E-state index contributed by atoms with van der Waals surface area (Å²) in [6.07, 6.45) is 1.47. The normalized spacial score (nSPS) is 11.6. The first kappa shape index (κ1) is 15.0. The van der Waals surface area contributed by atoms with Crippen LogP contribution in [0.3, 0.4) is 0 Å². The Morgan fingerprint density at radius 1 is 1.11 bits per heavy atom. The standard InChI is InChI=1S/C10H15F3N4S/c1-3-7-8(4-2)16-17-9(15-7)14-5-6-18-10(11,12)13/h3-6H2,1-2H3,(H,14,15,17). The van der Waals surface area contributed by atoms with Crippen molar-refractivity contribution in [3.63, 3.8) is 0 Å². The number of thioether (sulfide) groups is 1. The molecular formula is C10H15F3N4S. The smallest absolute Gasteiger partial charge is 0.352 e. The van der Waals surface area contributed by atoms with Crippen LogP contribution in [-0.4, -0.2) is 33.0 Å². The van der Waals surface area contributed by atoms with Gasteiger partial charge in [-0.05, 0) is 24.6 Å². The van der Waals surface area contributed by atoms with Gasteiger partial charge in [-0.15, -0.1) is 5.10 Å². The van der Waals surface area contributed by atoms with Crippen LogP contribution in [0.4, 0.5) is 19.1 Å². The Bertz CT molecular complexity index is 384. The van der Waals surface area contributed by atoms with Crippen molar-refractivity contribution in [2.75, 3.05) is 17.6 Å². The summed E-state index contributed by atoms with van der Waals surface area (Å²) < 4.78 is 35.7. The molecule has 1 rings (SSSR count). The number of nitrogens with zero attached hydrogens (tertiary/aromatic N) is 3. The van der Waals surface area contributed by atoms with Gasteiger partial charge in [0.25, 0.3) is 0 Å². The van der Waals surface area contributed by atoms with Crippen LogP contribution in [0.25, 0.3) is 0 Å². The molecule has 0 fully saturated rings. The van der Waals surface area contributed by atoms with Crippen molar-refractivity contribution in [1.82, 2.24) is 15.2 Å². The van der Waals surface area contributed by atoms with Crippen LogP contribution in [0.1, 0.15) is 25.2 Å². The number of hydrogen-bond acceptors (Lipinski definition) is 5. The van der Waals surface area contributed by atoms with Crippen LogP contribution < -0.4 is 5.32 Å². The summed E-state index contributed by atoms with van der Waals surface area (Å²) in [5.41, 5.74) is -2.53. The highest BCUT2D eigenvalue weighted by Gasteiger charge is 2.27. The molecule has 0 spiro atoms. The van der Waals surface area contributed by atoms with Gasteiger partial charge in [0.2, 0.25) is 5.95 Å². The van der Waals surface area contributed by atoms with E-state index in [1.165, 1.54) is 0 Å². The molecule has 102 valence electrons. The summed E-state index contributed by atoms with van der Waals surface area (Å²) in [5.74, 6) is 0.205. The first-order valence-corrected chi connectivity index (χ1v) is 6.61. The molecule has 0 atom stereocenters. The predicted octanol–water partition coefficient (Wildman–Crippen LogP) is 2.66. The molecule has 1 heterocycles. The fourth-order valence-corrected chi connectivity index (χ4v) is 1.78. The minimum atomic E-state index is -4.19. The third-order valence-electron chi connectivity index (χ3n) is 2.16.